The second-order valence-electron chi connectivity index (χ2n) is 4.41. The zero-order valence-corrected chi connectivity index (χ0v) is 12.0. The number of carbonyl (C=O) groups excluding carboxylic acids is 1. The summed E-state index contributed by atoms with van der Waals surface area (Å²) < 4.78 is 0. The average molecular weight is 337 g/mol. The van der Waals surface area contributed by atoms with Crippen molar-refractivity contribution < 1.29 is 24.6 Å². The number of anilines is 1. The van der Waals surface area contributed by atoms with E-state index in [0.29, 0.717) is 0 Å². The van der Waals surface area contributed by atoms with Crippen LogP contribution in [0.2, 0.25) is 5.15 Å². The fourth-order valence-corrected chi connectivity index (χ4v) is 1.92. The summed E-state index contributed by atoms with van der Waals surface area (Å²) in [5.74, 6) is -3.54. The molecule has 0 aliphatic carbocycles. The van der Waals surface area contributed by atoms with Crippen LogP contribution in [0.1, 0.15) is 31.1 Å². The Labute approximate surface area is 133 Å². The van der Waals surface area contributed by atoms with Crippen LogP contribution >= 0.6 is 11.6 Å². The zero-order chi connectivity index (χ0) is 17.1. The van der Waals surface area contributed by atoms with Crippen LogP contribution in [0.25, 0.3) is 0 Å². The molecule has 2 rings (SSSR count). The monoisotopic (exact) mass is 336 g/mol. The van der Waals surface area contributed by atoms with Crippen molar-refractivity contribution in [3.05, 3.63) is 62.5 Å². The first-order chi connectivity index (χ1) is 10.8. The lowest BCUT2D eigenvalue weighted by atomic mass is 10.1. The number of carbonyl (C=O) groups is 3. The van der Waals surface area contributed by atoms with E-state index in [9.17, 15) is 19.2 Å². The minimum atomic E-state index is -1.35. The molecule has 0 aliphatic rings. The van der Waals surface area contributed by atoms with E-state index in [1.165, 1.54) is 12.1 Å². The van der Waals surface area contributed by atoms with Gasteiger partial charge in [0.15, 0.2) is 0 Å². The number of aromatic carboxylic acids is 2. The summed E-state index contributed by atoms with van der Waals surface area (Å²) in [6.07, 6.45) is 0. The second kappa shape index (κ2) is 6.32. The van der Waals surface area contributed by atoms with Gasteiger partial charge in [-0.3, -0.25) is 9.59 Å². The van der Waals surface area contributed by atoms with Crippen molar-refractivity contribution in [2.45, 2.75) is 0 Å². The zero-order valence-electron chi connectivity index (χ0n) is 11.3. The van der Waals surface area contributed by atoms with E-state index in [1.54, 1.807) is 0 Å². The molecule has 9 heteroatoms. The summed E-state index contributed by atoms with van der Waals surface area (Å²) >= 11 is 5.58. The van der Waals surface area contributed by atoms with Crippen LogP contribution in [-0.4, -0.2) is 33.0 Å². The number of amides is 1. The molecule has 2 aromatic rings. The van der Waals surface area contributed by atoms with Gasteiger partial charge in [0.05, 0.1) is 11.1 Å². The van der Waals surface area contributed by atoms with Crippen LogP contribution < -0.4 is 10.9 Å². The van der Waals surface area contributed by atoms with Crippen molar-refractivity contribution in [3.8, 4) is 0 Å². The Balaban J connectivity index is 2.39. The molecule has 0 saturated carbocycles. The number of nitrogens with one attached hydrogen (secondary N) is 2. The van der Waals surface area contributed by atoms with Crippen LogP contribution in [-0.2, 0) is 0 Å². The van der Waals surface area contributed by atoms with Gasteiger partial charge < -0.3 is 20.5 Å². The van der Waals surface area contributed by atoms with Gasteiger partial charge in [0.2, 0.25) is 0 Å². The minimum Gasteiger partial charge on any atom is -0.478 e. The number of hydrogen-bond donors (Lipinski definition) is 4. The Morgan fingerprint density at radius 2 is 1.57 bits per heavy atom. The Bertz CT molecular complexity index is 842. The molecule has 8 nitrogen and oxygen atoms in total. The molecule has 0 unspecified atom stereocenters. The van der Waals surface area contributed by atoms with Crippen molar-refractivity contribution in [2.75, 3.05) is 5.32 Å². The van der Waals surface area contributed by atoms with Crippen molar-refractivity contribution in [3.63, 3.8) is 0 Å². The number of aromatic nitrogens is 1. The molecule has 4 N–H and O–H groups in total. The number of hydrogen-bond acceptors (Lipinski definition) is 4. The van der Waals surface area contributed by atoms with Gasteiger partial charge in [-0.1, -0.05) is 11.6 Å². The normalized spacial score (nSPS) is 10.1. The van der Waals surface area contributed by atoms with Crippen molar-refractivity contribution in [1.29, 1.82) is 0 Å². The van der Waals surface area contributed by atoms with Crippen LogP contribution in [0.5, 0.6) is 0 Å². The predicted octanol–water partition coefficient (Wildman–Crippen LogP) is 1.68. The summed E-state index contributed by atoms with van der Waals surface area (Å²) in [5, 5.41) is 20.3. The maximum Gasteiger partial charge on any atom is 0.335 e. The first kappa shape index (κ1) is 16.2. The Morgan fingerprint density at radius 1 is 1.00 bits per heavy atom. The minimum absolute atomic E-state index is 0.0487. The number of pyridine rings is 1. The van der Waals surface area contributed by atoms with Crippen molar-refractivity contribution >= 4 is 35.1 Å². The molecular formula is C14H9ClN2O6. The van der Waals surface area contributed by atoms with E-state index < -0.39 is 23.4 Å². The summed E-state index contributed by atoms with van der Waals surface area (Å²) in [7, 11) is 0. The summed E-state index contributed by atoms with van der Waals surface area (Å²) in [6.45, 7) is 0. The average Bonchev–Trinajstić information content (AvgIpc) is 2.46. The highest BCUT2D eigenvalue weighted by Gasteiger charge is 2.15. The number of H-pyrrole nitrogens is 1. The molecule has 0 fully saturated rings. The standard InChI is InChI=1S/C14H9ClN2O6/c15-10-2-1-9(12(19)17-10)11(18)16-8-4-6(13(20)21)3-7(5-8)14(22)23/h1-5H,(H,16,18)(H,17,19)(H,20,21)(H,22,23). The highest BCUT2D eigenvalue weighted by molar-refractivity contribution is 6.29. The van der Waals surface area contributed by atoms with E-state index in [-0.39, 0.29) is 27.5 Å². The molecule has 118 valence electrons. The fourth-order valence-electron chi connectivity index (χ4n) is 1.77. The van der Waals surface area contributed by atoms with Crippen LogP contribution in [0.15, 0.2) is 35.1 Å². The molecule has 1 aromatic heterocycles. The molecule has 1 heterocycles. The smallest absolute Gasteiger partial charge is 0.335 e. The largest absolute Gasteiger partial charge is 0.478 e. The van der Waals surface area contributed by atoms with Crippen LogP contribution in [0.3, 0.4) is 0 Å². The first-order valence-electron chi connectivity index (χ1n) is 6.10. The third-order valence-corrected chi connectivity index (χ3v) is 3.02. The molecule has 0 saturated heterocycles. The second-order valence-corrected chi connectivity index (χ2v) is 4.82. The molecular weight excluding hydrogens is 328 g/mol. The molecule has 0 atom stereocenters. The summed E-state index contributed by atoms with van der Waals surface area (Å²) in [6, 6.07) is 5.60. The van der Waals surface area contributed by atoms with Gasteiger partial charge in [0, 0.05) is 5.69 Å². The van der Waals surface area contributed by atoms with Crippen LogP contribution in [0, 0.1) is 0 Å². The molecule has 1 aromatic carbocycles. The third kappa shape index (κ3) is 3.74. The maximum absolute atomic E-state index is 12.0. The van der Waals surface area contributed by atoms with Crippen molar-refractivity contribution in [2.24, 2.45) is 0 Å². The highest BCUT2D eigenvalue weighted by atomic mass is 35.5. The van der Waals surface area contributed by atoms with Gasteiger partial charge >= 0.3 is 11.9 Å². The fraction of sp³-hybridized carbons (Fsp3) is 0. The first-order valence-corrected chi connectivity index (χ1v) is 6.47. The maximum atomic E-state index is 12.0. The lowest BCUT2D eigenvalue weighted by Gasteiger charge is -2.07. The van der Waals surface area contributed by atoms with Gasteiger partial charge in [-0.15, -0.1) is 0 Å². The number of rotatable bonds is 4. The van der Waals surface area contributed by atoms with E-state index in [4.69, 9.17) is 21.8 Å². The van der Waals surface area contributed by atoms with E-state index in [2.05, 4.69) is 10.3 Å². The molecule has 23 heavy (non-hydrogen) atoms. The quantitative estimate of drug-likeness (QED) is 0.627. The Morgan fingerprint density at radius 3 is 2.04 bits per heavy atom. The molecule has 0 bridgehead atoms. The predicted molar refractivity (Wildman–Crippen MR) is 80.4 cm³/mol. The molecule has 0 radical (unpaired) electrons. The van der Waals surface area contributed by atoms with Gasteiger partial charge in [-0.25, -0.2) is 9.59 Å². The van der Waals surface area contributed by atoms with E-state index >= 15 is 0 Å². The lowest BCUT2D eigenvalue weighted by molar-refractivity contribution is 0.0696. The Kier molecular flexibility index (Phi) is 4.47. The number of carboxylic acid groups (broad SMARTS) is 2. The van der Waals surface area contributed by atoms with Crippen molar-refractivity contribution in [1.82, 2.24) is 4.98 Å². The van der Waals surface area contributed by atoms with Gasteiger partial charge in [-0.2, -0.15) is 0 Å². The SMILES string of the molecule is O=C(O)c1cc(NC(=O)c2ccc(Cl)[nH]c2=O)cc(C(=O)O)c1. The number of benzene rings is 1. The molecule has 1 amide bonds. The van der Waals surface area contributed by atoms with Gasteiger partial charge in [0.1, 0.15) is 10.7 Å². The molecule has 0 aliphatic heterocycles. The molecule has 0 spiro atoms. The van der Waals surface area contributed by atoms with E-state index in [1.807, 2.05) is 0 Å². The summed E-state index contributed by atoms with van der Waals surface area (Å²) in [5.41, 5.74) is -1.69. The van der Waals surface area contributed by atoms with Gasteiger partial charge in [0.25, 0.3) is 11.5 Å². The lowest BCUT2D eigenvalue weighted by Crippen LogP contribution is -2.23. The number of aromatic amines is 1. The highest BCUT2D eigenvalue weighted by Crippen LogP contribution is 2.16. The summed E-state index contributed by atoms with van der Waals surface area (Å²) in [4.78, 5) is 47.9. The number of carboxylic acids is 2. The van der Waals surface area contributed by atoms with E-state index in [0.717, 1.165) is 18.2 Å². The number of halogens is 1. The van der Waals surface area contributed by atoms with Crippen LogP contribution in [0.4, 0.5) is 5.69 Å². The Hall–Kier alpha value is -3.13. The van der Waals surface area contributed by atoms with Gasteiger partial charge in [-0.05, 0) is 30.3 Å². The third-order valence-electron chi connectivity index (χ3n) is 2.80. The topological polar surface area (TPSA) is 137 Å².